The molecule has 4 fully saturated rings. The van der Waals surface area contributed by atoms with Crippen LogP contribution in [0.15, 0.2) is 30.4 Å². The highest BCUT2D eigenvalue weighted by Crippen LogP contribution is 2.52. The number of aryl methyl sites for hydroxylation is 1. The number of alkyl halides is 3. The fourth-order valence-corrected chi connectivity index (χ4v) is 10.8. The van der Waals surface area contributed by atoms with Crippen LogP contribution in [0.1, 0.15) is 109 Å². The molecule has 3 N–H and O–H groups in total. The number of amides is 4. The van der Waals surface area contributed by atoms with E-state index in [-0.39, 0.29) is 49.7 Å². The normalized spacial score (nSPS) is 30.3. The molecule has 1 aromatic carbocycles. The first-order chi connectivity index (χ1) is 27.8. The van der Waals surface area contributed by atoms with Gasteiger partial charge in [-0.1, -0.05) is 31.9 Å². The van der Waals surface area contributed by atoms with Crippen molar-refractivity contribution in [1.82, 2.24) is 24.8 Å². The first kappa shape index (κ1) is 41.1. The first-order valence-corrected chi connectivity index (χ1v) is 21.9. The zero-order valence-electron chi connectivity index (χ0n) is 33.3. The average Bonchev–Trinajstić information content (AvgIpc) is 4.14. The van der Waals surface area contributed by atoms with E-state index in [4.69, 9.17) is 9.47 Å². The lowest BCUT2D eigenvalue weighted by Gasteiger charge is -2.39. The van der Waals surface area contributed by atoms with E-state index in [0.717, 1.165) is 0 Å². The number of hydrogen-bond acceptors (Lipinski definition) is 9. The van der Waals surface area contributed by atoms with Crippen molar-refractivity contribution >= 4 is 44.7 Å². The molecule has 59 heavy (non-hydrogen) atoms. The Morgan fingerprint density at radius 3 is 2.51 bits per heavy atom. The Kier molecular flexibility index (Phi) is 9.94. The SMILES string of the molecule is CCC1(N(C(=O)O)[C@H]2CCCCC/C=C\[C@@H]3C[C@@]3(C(=O)NS(=O)(=O)C3(C)CC3)NC(=O)[C@@H]3C[C@]4(CCc5c(c(C(F)(F)F)nc6ccc(OC)cc56)O4)CN3C2=O)CC1. The minimum Gasteiger partial charge on any atom is -0.497 e. The highest BCUT2D eigenvalue weighted by atomic mass is 32.2. The molecule has 6 aliphatic rings. The Bertz CT molecular complexity index is 2240. The number of nitrogens with zero attached hydrogens (tertiary/aromatic N) is 3. The molecule has 0 radical (unpaired) electrons. The van der Waals surface area contributed by atoms with Gasteiger partial charge in [0.05, 0.1) is 23.9 Å². The van der Waals surface area contributed by atoms with Crippen molar-refractivity contribution in [2.75, 3.05) is 13.7 Å². The van der Waals surface area contributed by atoms with Crippen molar-refractivity contribution in [2.45, 2.75) is 143 Å². The van der Waals surface area contributed by atoms with Gasteiger partial charge in [0.2, 0.25) is 21.8 Å². The maximum atomic E-state index is 15.1. The van der Waals surface area contributed by atoms with Gasteiger partial charge in [-0.2, -0.15) is 13.2 Å². The number of benzene rings is 1. The van der Waals surface area contributed by atoms with Crippen molar-refractivity contribution < 1.29 is 55.3 Å². The molecule has 1 aromatic heterocycles. The van der Waals surface area contributed by atoms with Gasteiger partial charge >= 0.3 is 12.3 Å². The molecular formula is C41H50F3N5O9S. The van der Waals surface area contributed by atoms with Crippen LogP contribution in [0.2, 0.25) is 0 Å². The number of rotatable bonds is 7. The Labute approximate surface area is 340 Å². The number of sulfonamides is 1. The number of allylic oxidation sites excluding steroid dienone is 1. The molecule has 0 bridgehead atoms. The lowest BCUT2D eigenvalue weighted by molar-refractivity contribution is -0.145. The van der Waals surface area contributed by atoms with Gasteiger partial charge in [0, 0.05) is 28.8 Å². The Balaban J connectivity index is 1.20. The zero-order chi connectivity index (χ0) is 42.3. The van der Waals surface area contributed by atoms with Crippen LogP contribution in [0.5, 0.6) is 11.5 Å². The third-order valence-electron chi connectivity index (χ3n) is 13.8. The summed E-state index contributed by atoms with van der Waals surface area (Å²) >= 11 is 0. The molecule has 4 amide bonds. The van der Waals surface area contributed by atoms with Crippen molar-refractivity contribution in [3.05, 3.63) is 41.6 Å². The summed E-state index contributed by atoms with van der Waals surface area (Å²) in [5.74, 6) is -3.11. The molecule has 8 rings (SSSR count). The van der Waals surface area contributed by atoms with Crippen LogP contribution >= 0.6 is 0 Å². The number of carbonyl (C=O) groups is 4. The molecular weight excluding hydrogens is 796 g/mol. The largest absolute Gasteiger partial charge is 0.497 e. The molecule has 1 saturated heterocycles. The number of nitrogens with one attached hydrogen (secondary N) is 2. The highest BCUT2D eigenvalue weighted by molar-refractivity contribution is 7.91. The number of fused-ring (bicyclic) bond motifs is 5. The van der Waals surface area contributed by atoms with E-state index in [0.29, 0.717) is 68.9 Å². The van der Waals surface area contributed by atoms with Crippen LogP contribution in [0.25, 0.3) is 10.9 Å². The van der Waals surface area contributed by atoms with Crippen molar-refractivity contribution in [2.24, 2.45) is 5.92 Å². The highest BCUT2D eigenvalue weighted by Gasteiger charge is 2.64. The van der Waals surface area contributed by atoms with Gasteiger partial charge in [-0.15, -0.1) is 0 Å². The number of pyridine rings is 1. The van der Waals surface area contributed by atoms with E-state index in [1.165, 1.54) is 36.0 Å². The monoisotopic (exact) mass is 845 g/mol. The Morgan fingerprint density at radius 2 is 1.86 bits per heavy atom. The maximum Gasteiger partial charge on any atom is 0.437 e. The fraction of sp³-hybridized carbons (Fsp3) is 0.634. The van der Waals surface area contributed by atoms with Gasteiger partial charge in [-0.3, -0.25) is 24.0 Å². The smallest absolute Gasteiger partial charge is 0.437 e. The van der Waals surface area contributed by atoms with E-state index in [1.807, 2.05) is 13.0 Å². The molecule has 18 heteroatoms. The van der Waals surface area contributed by atoms with E-state index in [2.05, 4.69) is 15.0 Å². The summed E-state index contributed by atoms with van der Waals surface area (Å²) in [5.41, 5.74) is -4.94. The van der Waals surface area contributed by atoms with Gasteiger partial charge in [0.1, 0.15) is 29.0 Å². The van der Waals surface area contributed by atoms with Gasteiger partial charge in [-0.05, 0) is 95.8 Å². The maximum absolute atomic E-state index is 15.1. The number of carbonyl (C=O) groups excluding carboxylic acids is 3. The Hall–Kier alpha value is -4.61. The minimum absolute atomic E-state index is 0.0560. The topological polar surface area (TPSA) is 185 Å². The number of hydrogen-bond donors (Lipinski definition) is 3. The summed E-state index contributed by atoms with van der Waals surface area (Å²) in [6.07, 6.45) is 2.21. The van der Waals surface area contributed by atoms with Crippen LogP contribution < -0.4 is 19.5 Å². The number of methoxy groups -OCH3 is 1. The molecule has 14 nitrogen and oxygen atoms in total. The standard InChI is InChI=1S/C41H50F3N5O9S/c1-4-38(18-19-38)49(36(53)54)29-11-9-7-5-6-8-10-24-21-40(24,35(52)47-59(55,56)37(2)16-17-37)46-33(50)30-22-39(23-48(30)34(29)51)15-14-26-27-20-25(57-3)12-13-28(27)45-32(31(26)58-39)41(42,43)44/h8,10,12-13,20,24,29-30H,4-7,9,11,14-19,21-23H2,1-3H3,(H,46,50)(H,47,52)(H,53,54)/b10-8-/t24-,29+,30+,39-,40-/m1/s1. The minimum atomic E-state index is -4.94. The second-order valence-corrected chi connectivity index (χ2v) is 19.8. The number of halogens is 3. The average molecular weight is 846 g/mol. The van der Waals surface area contributed by atoms with Gasteiger partial charge in [0.25, 0.3) is 5.91 Å². The number of ether oxygens (including phenoxy) is 2. The molecule has 2 aromatic rings. The van der Waals surface area contributed by atoms with Crippen LogP contribution in [-0.2, 0) is 37.0 Å². The number of aromatic nitrogens is 1. The predicted octanol–water partition coefficient (Wildman–Crippen LogP) is 5.61. The lowest BCUT2D eigenvalue weighted by atomic mass is 9.87. The lowest BCUT2D eigenvalue weighted by Crippen LogP contribution is -2.60. The summed E-state index contributed by atoms with van der Waals surface area (Å²) in [6.45, 7) is 3.03. The van der Waals surface area contributed by atoms with Crippen LogP contribution in [0, 0.1) is 5.92 Å². The third kappa shape index (κ3) is 7.15. The summed E-state index contributed by atoms with van der Waals surface area (Å²) in [6, 6.07) is 1.90. The van der Waals surface area contributed by atoms with E-state index < -0.39 is 90.9 Å². The molecule has 4 heterocycles. The zero-order valence-corrected chi connectivity index (χ0v) is 34.1. The van der Waals surface area contributed by atoms with Crippen molar-refractivity contribution in [1.29, 1.82) is 0 Å². The molecule has 1 spiro atoms. The molecule has 5 atom stereocenters. The quantitative estimate of drug-likeness (QED) is 0.296. The molecule has 320 valence electrons. The summed E-state index contributed by atoms with van der Waals surface area (Å²) in [5, 5.41) is 13.8. The predicted molar refractivity (Wildman–Crippen MR) is 207 cm³/mol. The van der Waals surface area contributed by atoms with Gasteiger partial charge < -0.3 is 24.8 Å². The van der Waals surface area contributed by atoms with Crippen LogP contribution in [0.4, 0.5) is 18.0 Å². The molecule has 3 saturated carbocycles. The van der Waals surface area contributed by atoms with Gasteiger partial charge in [0.15, 0.2) is 11.4 Å². The summed E-state index contributed by atoms with van der Waals surface area (Å²) in [4.78, 5) is 63.3. The second kappa shape index (κ2) is 14.3. The Morgan fingerprint density at radius 1 is 1.12 bits per heavy atom. The van der Waals surface area contributed by atoms with Crippen LogP contribution in [-0.4, -0.2) is 99.3 Å². The third-order valence-corrected chi connectivity index (χ3v) is 15.9. The summed E-state index contributed by atoms with van der Waals surface area (Å²) < 4.78 is 83.7. The molecule has 3 aliphatic carbocycles. The van der Waals surface area contributed by atoms with Crippen molar-refractivity contribution in [3.63, 3.8) is 0 Å². The molecule has 3 aliphatic heterocycles. The number of carboxylic acid groups (broad SMARTS) is 1. The van der Waals surface area contributed by atoms with E-state index >= 15 is 4.79 Å². The first-order valence-electron chi connectivity index (χ1n) is 20.5. The van der Waals surface area contributed by atoms with E-state index in [1.54, 1.807) is 12.1 Å². The second-order valence-electron chi connectivity index (χ2n) is 17.6. The van der Waals surface area contributed by atoms with Gasteiger partial charge in [-0.25, -0.2) is 18.2 Å². The summed E-state index contributed by atoms with van der Waals surface area (Å²) in [7, 11) is -2.67. The molecule has 0 unspecified atom stereocenters. The van der Waals surface area contributed by atoms with Crippen LogP contribution in [0.3, 0.4) is 0 Å². The fourth-order valence-electron chi connectivity index (χ4n) is 9.49. The van der Waals surface area contributed by atoms with E-state index in [9.17, 15) is 41.1 Å². The van der Waals surface area contributed by atoms with Crippen molar-refractivity contribution in [3.8, 4) is 11.5 Å².